The number of aromatic nitrogens is 5. The predicted octanol–water partition coefficient (Wildman–Crippen LogP) is 2.28. The first-order valence-electron chi connectivity index (χ1n) is 9.44. The number of amides is 1. The van der Waals surface area contributed by atoms with Crippen molar-refractivity contribution >= 4 is 11.4 Å². The summed E-state index contributed by atoms with van der Waals surface area (Å²) in [4.78, 5) is 19.6. The molecule has 0 unspecified atom stereocenters. The van der Waals surface area contributed by atoms with E-state index in [1.165, 1.54) is 29.0 Å². The van der Waals surface area contributed by atoms with E-state index < -0.39 is 0 Å². The molecule has 0 bridgehead atoms. The van der Waals surface area contributed by atoms with Gasteiger partial charge >= 0.3 is 0 Å². The second-order valence-electron chi connectivity index (χ2n) is 7.24. The highest BCUT2D eigenvalue weighted by molar-refractivity contribution is 6.00. The Labute approximate surface area is 151 Å². The van der Waals surface area contributed by atoms with Gasteiger partial charge in [-0.05, 0) is 44.2 Å². The molecule has 3 aromatic heterocycles. The smallest absolute Gasteiger partial charge is 0.257 e. The van der Waals surface area contributed by atoms with Crippen molar-refractivity contribution in [3.05, 3.63) is 47.8 Å². The largest absolute Gasteiger partial charge is 0.338 e. The van der Waals surface area contributed by atoms with E-state index in [-0.39, 0.29) is 5.91 Å². The third-order valence-electron chi connectivity index (χ3n) is 5.72. The highest BCUT2D eigenvalue weighted by atomic mass is 16.2. The van der Waals surface area contributed by atoms with Gasteiger partial charge in [-0.15, -0.1) is 0 Å². The average Bonchev–Trinajstić information content (AvgIpc) is 3.32. The molecule has 0 spiro atoms. The van der Waals surface area contributed by atoms with E-state index in [1.807, 2.05) is 17.0 Å². The predicted molar refractivity (Wildman–Crippen MR) is 96.0 cm³/mol. The monoisotopic (exact) mass is 350 g/mol. The Bertz CT molecular complexity index is 950. The second kappa shape index (κ2) is 6.23. The van der Waals surface area contributed by atoms with Crippen LogP contribution < -0.4 is 0 Å². The maximum Gasteiger partial charge on any atom is 0.257 e. The maximum atomic E-state index is 12.9. The summed E-state index contributed by atoms with van der Waals surface area (Å²) in [5.41, 5.74) is 2.78. The molecule has 0 N–H and O–H groups in total. The van der Waals surface area contributed by atoms with Crippen LogP contribution in [0.15, 0.2) is 30.7 Å². The molecule has 0 aliphatic carbocycles. The van der Waals surface area contributed by atoms with E-state index in [0.717, 1.165) is 44.4 Å². The van der Waals surface area contributed by atoms with Crippen LogP contribution >= 0.6 is 0 Å². The molecule has 7 nitrogen and oxygen atoms in total. The van der Waals surface area contributed by atoms with Crippen molar-refractivity contribution in [3.63, 3.8) is 0 Å². The minimum absolute atomic E-state index is 0.0524. The lowest BCUT2D eigenvalue weighted by molar-refractivity contribution is 0.0712. The summed E-state index contributed by atoms with van der Waals surface area (Å²) in [6.45, 7) is 2.63. The van der Waals surface area contributed by atoms with Gasteiger partial charge < -0.3 is 9.47 Å². The van der Waals surface area contributed by atoms with Crippen LogP contribution in [-0.2, 0) is 13.0 Å². The third kappa shape index (κ3) is 2.50. The molecule has 1 fully saturated rings. The van der Waals surface area contributed by atoms with Gasteiger partial charge in [-0.3, -0.25) is 4.79 Å². The Balaban J connectivity index is 1.31. The number of carbonyl (C=O) groups is 1. The van der Waals surface area contributed by atoms with Crippen LogP contribution in [0.1, 0.15) is 53.5 Å². The molecule has 0 atom stereocenters. The quantitative estimate of drug-likeness (QED) is 0.711. The van der Waals surface area contributed by atoms with Gasteiger partial charge in [0.25, 0.3) is 5.91 Å². The topological polar surface area (TPSA) is 68.3 Å². The minimum atomic E-state index is 0.0524. The summed E-state index contributed by atoms with van der Waals surface area (Å²) in [6, 6.07) is 3.72. The lowest BCUT2D eigenvalue weighted by Crippen LogP contribution is -2.38. The Morgan fingerprint density at radius 1 is 1.08 bits per heavy atom. The zero-order chi connectivity index (χ0) is 17.5. The van der Waals surface area contributed by atoms with Gasteiger partial charge in [-0.25, -0.2) is 4.98 Å². The van der Waals surface area contributed by atoms with Crippen LogP contribution in [0.25, 0.3) is 5.52 Å². The third-order valence-corrected chi connectivity index (χ3v) is 5.72. The molecule has 3 aromatic rings. The summed E-state index contributed by atoms with van der Waals surface area (Å²) < 4.78 is 3.93. The van der Waals surface area contributed by atoms with E-state index in [1.54, 1.807) is 12.4 Å². The Hall–Kier alpha value is -2.70. The first-order valence-corrected chi connectivity index (χ1v) is 9.44. The molecule has 0 aromatic carbocycles. The van der Waals surface area contributed by atoms with Crippen molar-refractivity contribution in [2.75, 3.05) is 13.1 Å². The zero-order valence-corrected chi connectivity index (χ0v) is 14.7. The van der Waals surface area contributed by atoms with Crippen LogP contribution in [-0.4, -0.2) is 48.3 Å². The van der Waals surface area contributed by atoms with Crippen LogP contribution in [0, 0.1) is 0 Å². The lowest BCUT2D eigenvalue weighted by Gasteiger charge is -2.32. The summed E-state index contributed by atoms with van der Waals surface area (Å²) in [5, 5.41) is 8.32. The number of hydrogen-bond acceptors (Lipinski definition) is 4. The molecule has 2 aliphatic heterocycles. The van der Waals surface area contributed by atoms with Crippen molar-refractivity contribution in [3.8, 4) is 0 Å². The summed E-state index contributed by atoms with van der Waals surface area (Å²) >= 11 is 0. The standard InChI is InChI=1S/C19H22N6O/c26-19(16-13-22-25-17(16)5-3-8-21-25)23-10-6-14(7-11-23)18-20-12-15-4-1-2-9-24(15)18/h3,5,8,12-14H,1-2,4,6-7,9-11H2. The van der Waals surface area contributed by atoms with Crippen LogP contribution in [0.2, 0.25) is 0 Å². The Morgan fingerprint density at radius 3 is 2.85 bits per heavy atom. The second-order valence-corrected chi connectivity index (χ2v) is 7.24. The molecule has 5 heterocycles. The van der Waals surface area contributed by atoms with Gasteiger partial charge in [0.2, 0.25) is 0 Å². The maximum absolute atomic E-state index is 12.9. The van der Waals surface area contributed by atoms with Crippen molar-refractivity contribution < 1.29 is 4.79 Å². The molecule has 2 aliphatic rings. The first-order chi connectivity index (χ1) is 12.8. The first kappa shape index (κ1) is 15.5. The molecule has 134 valence electrons. The minimum Gasteiger partial charge on any atom is -0.338 e. The van der Waals surface area contributed by atoms with E-state index >= 15 is 0 Å². The molecule has 1 amide bonds. The summed E-state index contributed by atoms with van der Waals surface area (Å²) in [7, 11) is 0. The fraction of sp³-hybridized carbons (Fsp3) is 0.474. The van der Waals surface area contributed by atoms with Crippen LogP contribution in [0.4, 0.5) is 0 Å². The SMILES string of the molecule is O=C(c1cnn2ncccc12)N1CCC(c2ncc3n2CCCC3)CC1. The molecule has 0 radical (unpaired) electrons. The number of hydrogen-bond donors (Lipinski definition) is 0. The van der Waals surface area contributed by atoms with Crippen LogP contribution in [0.5, 0.6) is 0 Å². The average molecular weight is 350 g/mol. The number of likely N-dealkylation sites (tertiary alicyclic amines) is 1. The molecular formula is C19H22N6O. The van der Waals surface area contributed by atoms with E-state index in [4.69, 9.17) is 4.98 Å². The Morgan fingerprint density at radius 2 is 1.96 bits per heavy atom. The molecular weight excluding hydrogens is 328 g/mol. The van der Waals surface area contributed by atoms with Gasteiger partial charge in [0.05, 0.1) is 11.8 Å². The van der Waals surface area contributed by atoms with E-state index in [9.17, 15) is 4.79 Å². The number of piperidine rings is 1. The fourth-order valence-corrected chi connectivity index (χ4v) is 4.30. The van der Waals surface area contributed by atoms with Crippen molar-refractivity contribution in [2.45, 2.75) is 44.6 Å². The zero-order valence-electron chi connectivity index (χ0n) is 14.7. The normalized spacial score (nSPS) is 18.2. The van der Waals surface area contributed by atoms with Crippen molar-refractivity contribution in [2.24, 2.45) is 0 Å². The van der Waals surface area contributed by atoms with Gasteiger partial charge in [-0.2, -0.15) is 14.8 Å². The highest BCUT2D eigenvalue weighted by Crippen LogP contribution is 2.30. The van der Waals surface area contributed by atoms with Crippen molar-refractivity contribution in [1.29, 1.82) is 0 Å². The number of imidazole rings is 1. The van der Waals surface area contributed by atoms with Gasteiger partial charge in [0.1, 0.15) is 11.3 Å². The van der Waals surface area contributed by atoms with E-state index in [0.29, 0.717) is 11.5 Å². The molecule has 5 rings (SSSR count). The number of rotatable bonds is 2. The van der Waals surface area contributed by atoms with Gasteiger partial charge in [0, 0.05) is 43.6 Å². The van der Waals surface area contributed by atoms with Crippen LogP contribution in [0.3, 0.4) is 0 Å². The molecule has 7 heteroatoms. The van der Waals surface area contributed by atoms with Gasteiger partial charge in [-0.1, -0.05) is 0 Å². The van der Waals surface area contributed by atoms with E-state index in [2.05, 4.69) is 21.0 Å². The number of nitrogens with zero attached hydrogens (tertiary/aromatic N) is 6. The molecule has 0 saturated carbocycles. The number of aryl methyl sites for hydroxylation is 1. The molecule has 26 heavy (non-hydrogen) atoms. The van der Waals surface area contributed by atoms with Crippen molar-refractivity contribution in [1.82, 2.24) is 29.3 Å². The lowest BCUT2D eigenvalue weighted by atomic mass is 9.95. The fourth-order valence-electron chi connectivity index (χ4n) is 4.30. The Kier molecular flexibility index (Phi) is 3.72. The summed E-state index contributed by atoms with van der Waals surface area (Å²) in [6.07, 6.45) is 11.0. The van der Waals surface area contributed by atoms with Gasteiger partial charge in [0.15, 0.2) is 0 Å². The number of fused-ring (bicyclic) bond motifs is 2. The molecule has 1 saturated heterocycles. The number of carbonyl (C=O) groups excluding carboxylic acids is 1. The highest BCUT2D eigenvalue weighted by Gasteiger charge is 2.29. The summed E-state index contributed by atoms with van der Waals surface area (Å²) in [5.74, 6) is 1.74.